The first-order valence-corrected chi connectivity index (χ1v) is 11.0. The van der Waals surface area contributed by atoms with E-state index in [4.69, 9.17) is 16.1 Å². The molecule has 1 saturated heterocycles. The van der Waals surface area contributed by atoms with Gasteiger partial charge in [-0.15, -0.1) is 0 Å². The predicted molar refractivity (Wildman–Crippen MR) is 121 cm³/mol. The summed E-state index contributed by atoms with van der Waals surface area (Å²) < 4.78 is 7.40. The van der Waals surface area contributed by atoms with Crippen LogP contribution >= 0.6 is 11.6 Å². The van der Waals surface area contributed by atoms with Crippen LogP contribution in [0, 0.1) is 6.92 Å². The van der Waals surface area contributed by atoms with Crippen LogP contribution in [-0.2, 0) is 0 Å². The second kappa shape index (κ2) is 8.59. The van der Waals surface area contributed by atoms with Crippen molar-refractivity contribution >= 4 is 17.5 Å². The molecule has 0 aliphatic carbocycles. The number of hydrogen-bond donors (Lipinski definition) is 0. The van der Waals surface area contributed by atoms with Crippen molar-refractivity contribution in [2.45, 2.75) is 25.7 Å². The van der Waals surface area contributed by atoms with E-state index in [1.165, 1.54) is 0 Å². The van der Waals surface area contributed by atoms with E-state index in [0.717, 1.165) is 29.8 Å². The van der Waals surface area contributed by atoms with Crippen LogP contribution in [0.3, 0.4) is 0 Å². The summed E-state index contributed by atoms with van der Waals surface area (Å²) in [6.45, 7) is 3.27. The number of piperidine rings is 1. The van der Waals surface area contributed by atoms with Crippen LogP contribution in [-0.4, -0.2) is 43.8 Å². The first-order chi connectivity index (χ1) is 15.6. The molecule has 0 unspecified atom stereocenters. The normalized spacial score (nSPS) is 16.3. The molecule has 2 aromatic carbocycles. The van der Waals surface area contributed by atoms with Gasteiger partial charge in [0.1, 0.15) is 0 Å². The number of benzene rings is 2. The van der Waals surface area contributed by atoms with Crippen LogP contribution in [0.2, 0.25) is 5.02 Å². The Hall–Kier alpha value is -3.45. The molecule has 3 heterocycles. The minimum atomic E-state index is 0.0101. The Morgan fingerprint density at radius 3 is 2.59 bits per heavy atom. The van der Waals surface area contributed by atoms with Gasteiger partial charge in [-0.3, -0.25) is 4.79 Å². The summed E-state index contributed by atoms with van der Waals surface area (Å²) in [6.07, 6.45) is 3.56. The van der Waals surface area contributed by atoms with Gasteiger partial charge in [0.25, 0.3) is 5.91 Å². The third-order valence-electron chi connectivity index (χ3n) is 5.79. The molecule has 0 spiro atoms. The summed E-state index contributed by atoms with van der Waals surface area (Å²) >= 11 is 5.96. The maximum absolute atomic E-state index is 13.1. The number of carbonyl (C=O) groups is 1. The Morgan fingerprint density at radius 1 is 1.09 bits per heavy atom. The predicted octanol–water partition coefficient (Wildman–Crippen LogP) is 4.90. The number of amides is 1. The SMILES string of the molecule is Cc1ccnn1-c1ccc(C(=O)N2CCC[C@H](c3nc(-c4ccc(Cl)cc4)no3)C2)cc1. The molecule has 0 saturated carbocycles. The smallest absolute Gasteiger partial charge is 0.253 e. The number of hydrogen-bond acceptors (Lipinski definition) is 5. The quantitative estimate of drug-likeness (QED) is 0.444. The van der Waals surface area contributed by atoms with E-state index in [2.05, 4.69) is 15.2 Å². The van der Waals surface area contributed by atoms with Gasteiger partial charge in [-0.25, -0.2) is 4.68 Å². The zero-order valence-corrected chi connectivity index (χ0v) is 18.4. The van der Waals surface area contributed by atoms with Crippen LogP contribution in [0.25, 0.3) is 17.1 Å². The Labute approximate surface area is 190 Å². The Morgan fingerprint density at radius 2 is 1.88 bits per heavy atom. The highest BCUT2D eigenvalue weighted by Gasteiger charge is 2.29. The summed E-state index contributed by atoms with van der Waals surface area (Å²) in [6, 6.07) is 16.8. The number of rotatable bonds is 4. The molecule has 7 nitrogen and oxygen atoms in total. The van der Waals surface area contributed by atoms with E-state index in [9.17, 15) is 4.79 Å². The molecule has 1 aliphatic heterocycles. The van der Waals surface area contributed by atoms with Crippen LogP contribution in [0.5, 0.6) is 0 Å². The van der Waals surface area contributed by atoms with E-state index in [1.54, 1.807) is 18.3 Å². The highest BCUT2D eigenvalue weighted by atomic mass is 35.5. The summed E-state index contributed by atoms with van der Waals surface area (Å²) in [5.74, 6) is 1.13. The molecule has 0 N–H and O–H groups in total. The molecule has 0 radical (unpaired) electrons. The number of aromatic nitrogens is 4. The van der Waals surface area contributed by atoms with Crippen LogP contribution in [0.4, 0.5) is 0 Å². The number of likely N-dealkylation sites (tertiary alicyclic amines) is 1. The molecule has 32 heavy (non-hydrogen) atoms. The lowest BCUT2D eigenvalue weighted by Gasteiger charge is -2.31. The van der Waals surface area contributed by atoms with E-state index in [-0.39, 0.29) is 11.8 Å². The van der Waals surface area contributed by atoms with Crippen molar-refractivity contribution in [2.24, 2.45) is 0 Å². The lowest BCUT2D eigenvalue weighted by Crippen LogP contribution is -2.39. The number of halogens is 1. The summed E-state index contributed by atoms with van der Waals surface area (Å²) in [7, 11) is 0. The van der Waals surface area contributed by atoms with Crippen molar-refractivity contribution in [2.75, 3.05) is 13.1 Å². The molecule has 8 heteroatoms. The van der Waals surface area contributed by atoms with Crippen LogP contribution in [0.1, 0.15) is 40.7 Å². The van der Waals surface area contributed by atoms with Gasteiger partial charge in [0.15, 0.2) is 0 Å². The summed E-state index contributed by atoms with van der Waals surface area (Å²) in [5.41, 5.74) is 3.48. The largest absolute Gasteiger partial charge is 0.339 e. The van der Waals surface area contributed by atoms with Gasteiger partial charge in [0.05, 0.1) is 11.6 Å². The van der Waals surface area contributed by atoms with E-state index >= 15 is 0 Å². The number of carbonyl (C=O) groups excluding carboxylic acids is 1. The lowest BCUT2D eigenvalue weighted by atomic mass is 9.97. The molecular formula is C24H22ClN5O2. The summed E-state index contributed by atoms with van der Waals surface area (Å²) in [4.78, 5) is 19.6. The molecule has 1 aliphatic rings. The molecule has 2 aromatic heterocycles. The zero-order valence-electron chi connectivity index (χ0n) is 17.6. The first kappa shape index (κ1) is 20.5. The zero-order chi connectivity index (χ0) is 22.1. The highest BCUT2D eigenvalue weighted by Crippen LogP contribution is 2.29. The minimum Gasteiger partial charge on any atom is -0.339 e. The highest BCUT2D eigenvalue weighted by molar-refractivity contribution is 6.30. The lowest BCUT2D eigenvalue weighted by molar-refractivity contribution is 0.0695. The maximum Gasteiger partial charge on any atom is 0.253 e. The van der Waals surface area contributed by atoms with Gasteiger partial charge in [0.2, 0.25) is 11.7 Å². The van der Waals surface area contributed by atoms with Crippen molar-refractivity contribution in [1.29, 1.82) is 0 Å². The average Bonchev–Trinajstić information content (AvgIpc) is 3.49. The first-order valence-electron chi connectivity index (χ1n) is 10.6. The monoisotopic (exact) mass is 447 g/mol. The van der Waals surface area contributed by atoms with Crippen molar-refractivity contribution in [1.82, 2.24) is 24.8 Å². The fourth-order valence-corrected chi connectivity index (χ4v) is 4.17. The van der Waals surface area contributed by atoms with Crippen molar-refractivity contribution < 1.29 is 9.32 Å². The van der Waals surface area contributed by atoms with Crippen LogP contribution in [0.15, 0.2) is 65.3 Å². The summed E-state index contributed by atoms with van der Waals surface area (Å²) in [5, 5.41) is 9.09. The molecule has 162 valence electrons. The van der Waals surface area contributed by atoms with Gasteiger partial charge in [-0.05, 0) is 74.4 Å². The van der Waals surface area contributed by atoms with Crippen molar-refractivity contribution in [3.63, 3.8) is 0 Å². The van der Waals surface area contributed by atoms with Gasteiger partial charge in [0, 0.05) is 41.1 Å². The average molecular weight is 448 g/mol. The second-order valence-corrected chi connectivity index (χ2v) is 8.42. The maximum atomic E-state index is 13.1. The Balaban J connectivity index is 1.29. The molecule has 1 atom stereocenters. The van der Waals surface area contributed by atoms with E-state index < -0.39 is 0 Å². The Bertz CT molecular complexity index is 1230. The van der Waals surface area contributed by atoms with E-state index in [0.29, 0.717) is 35.4 Å². The van der Waals surface area contributed by atoms with Gasteiger partial charge < -0.3 is 9.42 Å². The Kier molecular flexibility index (Phi) is 5.49. The topological polar surface area (TPSA) is 77.1 Å². The van der Waals surface area contributed by atoms with Crippen molar-refractivity contribution in [3.8, 4) is 17.1 Å². The van der Waals surface area contributed by atoms with E-state index in [1.807, 2.05) is 59.0 Å². The number of aryl methyl sites for hydroxylation is 1. The number of nitrogens with zero attached hydrogens (tertiary/aromatic N) is 5. The fourth-order valence-electron chi connectivity index (χ4n) is 4.05. The van der Waals surface area contributed by atoms with Gasteiger partial charge in [-0.1, -0.05) is 16.8 Å². The van der Waals surface area contributed by atoms with Gasteiger partial charge in [-0.2, -0.15) is 10.1 Å². The van der Waals surface area contributed by atoms with Crippen LogP contribution < -0.4 is 0 Å². The standard InChI is InChI=1S/C24H22ClN5O2/c1-16-12-13-26-30(16)21-10-6-18(7-11-21)24(31)29-14-2-3-19(15-29)23-27-22(28-32-23)17-4-8-20(25)9-5-17/h4-13,19H,2-3,14-15H2,1H3/t19-/m0/s1. The molecular weight excluding hydrogens is 426 g/mol. The third-order valence-corrected chi connectivity index (χ3v) is 6.04. The minimum absolute atomic E-state index is 0.0101. The molecule has 5 rings (SSSR count). The fraction of sp³-hybridized carbons (Fsp3) is 0.250. The van der Waals surface area contributed by atoms with Crippen molar-refractivity contribution in [3.05, 3.63) is 83.0 Å². The molecule has 4 aromatic rings. The third kappa shape index (κ3) is 4.03. The second-order valence-electron chi connectivity index (χ2n) is 7.98. The molecule has 0 bridgehead atoms. The molecule has 1 amide bonds. The molecule has 1 fully saturated rings. The van der Waals surface area contributed by atoms with Gasteiger partial charge >= 0.3 is 0 Å².